The maximum Gasteiger partial charge on any atom is 0.224 e. The first-order valence-corrected chi connectivity index (χ1v) is 5.51. The van der Waals surface area contributed by atoms with E-state index in [1.165, 1.54) is 0 Å². The zero-order valence-electron chi connectivity index (χ0n) is 9.21. The Kier molecular flexibility index (Phi) is 6.04. The Labute approximate surface area is 91.3 Å². The summed E-state index contributed by atoms with van der Waals surface area (Å²) in [6, 6.07) is 0. The van der Waals surface area contributed by atoms with Crippen molar-refractivity contribution in [1.82, 2.24) is 10.2 Å². The highest BCUT2D eigenvalue weighted by atomic mass is 16.5. The van der Waals surface area contributed by atoms with Crippen LogP contribution in [0.25, 0.3) is 0 Å². The van der Waals surface area contributed by atoms with Crippen LogP contribution in [0.5, 0.6) is 0 Å². The summed E-state index contributed by atoms with van der Waals surface area (Å²) in [6.07, 6.45) is 3.40. The second-order valence-corrected chi connectivity index (χ2v) is 3.57. The molecular weight excluding hydrogens is 192 g/mol. The standard InChI is InChI=1S/C11H20N2O2/c1-2-3-5-12-6-4-11(14)13-7-9-15-10-8-13/h2,12H,1,3-10H2. The van der Waals surface area contributed by atoms with Crippen molar-refractivity contribution in [3.8, 4) is 0 Å². The Morgan fingerprint density at radius 2 is 2.13 bits per heavy atom. The smallest absolute Gasteiger partial charge is 0.224 e. The first-order chi connectivity index (χ1) is 7.34. The molecule has 1 heterocycles. The molecule has 0 radical (unpaired) electrons. The summed E-state index contributed by atoms with van der Waals surface area (Å²) >= 11 is 0. The average Bonchev–Trinajstić information content (AvgIpc) is 2.30. The van der Waals surface area contributed by atoms with E-state index in [2.05, 4.69) is 11.9 Å². The van der Waals surface area contributed by atoms with E-state index >= 15 is 0 Å². The minimum absolute atomic E-state index is 0.226. The summed E-state index contributed by atoms with van der Waals surface area (Å²) in [5, 5.41) is 3.21. The third-order valence-electron chi connectivity index (χ3n) is 2.40. The predicted molar refractivity (Wildman–Crippen MR) is 59.7 cm³/mol. The van der Waals surface area contributed by atoms with Crippen LogP contribution in [0.15, 0.2) is 12.7 Å². The fourth-order valence-corrected chi connectivity index (χ4v) is 1.50. The van der Waals surface area contributed by atoms with Crippen molar-refractivity contribution in [3.63, 3.8) is 0 Å². The highest BCUT2D eigenvalue weighted by molar-refractivity contribution is 5.76. The van der Waals surface area contributed by atoms with Crippen LogP contribution in [0.1, 0.15) is 12.8 Å². The molecule has 1 saturated heterocycles. The quantitative estimate of drug-likeness (QED) is 0.512. The summed E-state index contributed by atoms with van der Waals surface area (Å²) in [5.74, 6) is 0.226. The SMILES string of the molecule is C=CCCNCCC(=O)N1CCOCC1. The molecule has 0 spiro atoms. The molecule has 0 saturated carbocycles. The van der Waals surface area contributed by atoms with E-state index in [4.69, 9.17) is 4.74 Å². The van der Waals surface area contributed by atoms with Gasteiger partial charge in [0.15, 0.2) is 0 Å². The Morgan fingerprint density at radius 3 is 2.80 bits per heavy atom. The second-order valence-electron chi connectivity index (χ2n) is 3.57. The van der Waals surface area contributed by atoms with Crippen LogP contribution in [0.3, 0.4) is 0 Å². The zero-order valence-corrected chi connectivity index (χ0v) is 9.21. The fraction of sp³-hybridized carbons (Fsp3) is 0.727. The lowest BCUT2D eigenvalue weighted by atomic mass is 10.3. The number of carbonyl (C=O) groups excluding carboxylic acids is 1. The van der Waals surface area contributed by atoms with Gasteiger partial charge >= 0.3 is 0 Å². The maximum atomic E-state index is 11.6. The predicted octanol–water partition coefficient (Wildman–Crippen LogP) is 0.401. The normalized spacial score (nSPS) is 16.4. The van der Waals surface area contributed by atoms with E-state index in [9.17, 15) is 4.79 Å². The number of hydrogen-bond donors (Lipinski definition) is 1. The number of ether oxygens (including phenoxy) is 1. The van der Waals surface area contributed by atoms with Gasteiger partial charge in [0.2, 0.25) is 5.91 Å². The van der Waals surface area contributed by atoms with Crippen molar-refractivity contribution < 1.29 is 9.53 Å². The molecule has 1 amide bonds. The zero-order chi connectivity index (χ0) is 10.9. The van der Waals surface area contributed by atoms with Crippen LogP contribution in [-0.2, 0) is 9.53 Å². The lowest BCUT2D eigenvalue weighted by Crippen LogP contribution is -2.41. The van der Waals surface area contributed by atoms with Gasteiger partial charge in [-0.1, -0.05) is 6.08 Å². The van der Waals surface area contributed by atoms with Crippen molar-refractivity contribution in [3.05, 3.63) is 12.7 Å². The molecule has 0 aliphatic carbocycles. The minimum atomic E-state index is 0.226. The van der Waals surface area contributed by atoms with Crippen LogP contribution in [0, 0.1) is 0 Å². The highest BCUT2D eigenvalue weighted by Gasteiger charge is 2.15. The van der Waals surface area contributed by atoms with Crippen LogP contribution < -0.4 is 5.32 Å². The van der Waals surface area contributed by atoms with Gasteiger partial charge in [0.05, 0.1) is 13.2 Å². The molecule has 86 valence electrons. The van der Waals surface area contributed by atoms with Gasteiger partial charge in [-0.25, -0.2) is 0 Å². The molecule has 0 aromatic heterocycles. The van der Waals surface area contributed by atoms with Crippen molar-refractivity contribution in [2.75, 3.05) is 39.4 Å². The van der Waals surface area contributed by atoms with Gasteiger partial charge in [0.25, 0.3) is 0 Å². The van der Waals surface area contributed by atoms with Crippen molar-refractivity contribution in [2.24, 2.45) is 0 Å². The van der Waals surface area contributed by atoms with Gasteiger partial charge in [0, 0.05) is 26.1 Å². The summed E-state index contributed by atoms with van der Waals surface area (Å²) in [4.78, 5) is 13.5. The molecule has 0 aromatic carbocycles. The number of carbonyl (C=O) groups is 1. The van der Waals surface area contributed by atoms with E-state index in [0.29, 0.717) is 19.6 Å². The van der Waals surface area contributed by atoms with Crippen molar-refractivity contribution in [1.29, 1.82) is 0 Å². The Bertz CT molecular complexity index is 201. The van der Waals surface area contributed by atoms with Crippen molar-refractivity contribution in [2.45, 2.75) is 12.8 Å². The number of morpholine rings is 1. The van der Waals surface area contributed by atoms with E-state index in [1.807, 2.05) is 11.0 Å². The number of nitrogens with one attached hydrogen (secondary N) is 1. The van der Waals surface area contributed by atoms with Crippen LogP contribution in [-0.4, -0.2) is 50.2 Å². The van der Waals surface area contributed by atoms with Gasteiger partial charge in [-0.05, 0) is 13.0 Å². The topological polar surface area (TPSA) is 41.6 Å². The van der Waals surface area contributed by atoms with Gasteiger partial charge < -0.3 is 15.0 Å². The first kappa shape index (κ1) is 12.2. The Hall–Kier alpha value is -0.870. The number of hydrogen-bond acceptors (Lipinski definition) is 3. The molecule has 15 heavy (non-hydrogen) atoms. The minimum Gasteiger partial charge on any atom is -0.378 e. The summed E-state index contributed by atoms with van der Waals surface area (Å²) in [7, 11) is 0. The molecule has 1 fully saturated rings. The largest absolute Gasteiger partial charge is 0.378 e. The van der Waals surface area contributed by atoms with Crippen LogP contribution in [0.2, 0.25) is 0 Å². The monoisotopic (exact) mass is 212 g/mol. The van der Waals surface area contributed by atoms with Gasteiger partial charge in [-0.3, -0.25) is 4.79 Å². The molecule has 0 aromatic rings. The molecule has 4 nitrogen and oxygen atoms in total. The average molecular weight is 212 g/mol. The maximum absolute atomic E-state index is 11.6. The van der Waals surface area contributed by atoms with E-state index in [0.717, 1.165) is 32.6 Å². The molecule has 0 atom stereocenters. The summed E-state index contributed by atoms with van der Waals surface area (Å²) in [6.45, 7) is 8.13. The van der Waals surface area contributed by atoms with Gasteiger partial charge in [-0.2, -0.15) is 0 Å². The van der Waals surface area contributed by atoms with E-state index in [-0.39, 0.29) is 5.91 Å². The van der Waals surface area contributed by atoms with Crippen LogP contribution in [0.4, 0.5) is 0 Å². The number of amides is 1. The molecule has 1 rings (SSSR count). The molecule has 0 unspecified atom stereocenters. The highest BCUT2D eigenvalue weighted by Crippen LogP contribution is 1.99. The summed E-state index contributed by atoms with van der Waals surface area (Å²) < 4.78 is 5.19. The lowest BCUT2D eigenvalue weighted by molar-refractivity contribution is -0.135. The number of nitrogens with zero attached hydrogens (tertiary/aromatic N) is 1. The van der Waals surface area contributed by atoms with Gasteiger partial charge in [0.1, 0.15) is 0 Å². The molecule has 1 aliphatic rings. The molecule has 0 bridgehead atoms. The molecule has 4 heteroatoms. The Balaban J connectivity index is 2.04. The molecule has 1 N–H and O–H groups in total. The van der Waals surface area contributed by atoms with Crippen LogP contribution >= 0.6 is 0 Å². The third-order valence-corrected chi connectivity index (χ3v) is 2.40. The third kappa shape index (κ3) is 4.95. The second kappa shape index (κ2) is 7.43. The van der Waals surface area contributed by atoms with E-state index in [1.54, 1.807) is 0 Å². The first-order valence-electron chi connectivity index (χ1n) is 5.51. The lowest BCUT2D eigenvalue weighted by Gasteiger charge is -2.26. The van der Waals surface area contributed by atoms with Gasteiger partial charge in [-0.15, -0.1) is 6.58 Å². The van der Waals surface area contributed by atoms with Crippen molar-refractivity contribution >= 4 is 5.91 Å². The fourth-order valence-electron chi connectivity index (χ4n) is 1.50. The summed E-state index contributed by atoms with van der Waals surface area (Å²) in [5.41, 5.74) is 0. The molecular formula is C11H20N2O2. The Morgan fingerprint density at radius 1 is 1.40 bits per heavy atom. The number of rotatable bonds is 6. The molecule has 1 aliphatic heterocycles. The van der Waals surface area contributed by atoms with E-state index < -0.39 is 0 Å².